The van der Waals surface area contributed by atoms with Crippen LogP contribution in [0.5, 0.6) is 5.75 Å². The summed E-state index contributed by atoms with van der Waals surface area (Å²) in [6, 6.07) is 5.12. The van der Waals surface area contributed by atoms with Crippen molar-refractivity contribution in [2.45, 2.75) is 38.5 Å². The van der Waals surface area contributed by atoms with Crippen LogP contribution in [0.1, 0.15) is 19.6 Å². The molecule has 4 nitrogen and oxygen atoms in total. The van der Waals surface area contributed by atoms with Crippen molar-refractivity contribution < 1.29 is 27.4 Å². The Morgan fingerprint density at radius 3 is 2.63 bits per heavy atom. The minimum Gasteiger partial charge on any atom is -0.489 e. The molecule has 1 aliphatic rings. The van der Waals surface area contributed by atoms with Gasteiger partial charge in [-0.15, -0.1) is 0 Å². The molecule has 0 amide bonds. The molecule has 1 aliphatic heterocycles. The average molecular weight is 381 g/mol. The third-order valence-corrected chi connectivity index (χ3v) is 4.60. The third-order valence-electron chi connectivity index (χ3n) is 4.60. The Hall–Kier alpha value is -2.41. The molecule has 0 fully saturated rings. The highest BCUT2D eigenvalue weighted by atomic mass is 19.4. The third kappa shape index (κ3) is 3.98. The Morgan fingerprint density at radius 1 is 1.22 bits per heavy atom. The van der Waals surface area contributed by atoms with Gasteiger partial charge in [-0.1, -0.05) is 6.08 Å². The van der Waals surface area contributed by atoms with Gasteiger partial charge in [-0.2, -0.15) is 13.2 Å². The van der Waals surface area contributed by atoms with Gasteiger partial charge in [-0.05, 0) is 56.7 Å². The standard InChI is InChI=1S/C20H22F3NO3/c1-13-9-15-10-16(6-7-17(15)27-13)26-11-14-5-4-8-24(19(2,3)12-25)18(14)20(21,22)23/h4-10,18,25H,11-12H2,1-3H3. The summed E-state index contributed by atoms with van der Waals surface area (Å²) in [6.45, 7) is 4.33. The van der Waals surface area contributed by atoms with Crippen molar-refractivity contribution in [1.82, 2.24) is 4.90 Å². The highest BCUT2D eigenvalue weighted by Crippen LogP contribution is 2.37. The maximum atomic E-state index is 13.8. The monoisotopic (exact) mass is 381 g/mol. The summed E-state index contributed by atoms with van der Waals surface area (Å²) >= 11 is 0. The van der Waals surface area contributed by atoms with Gasteiger partial charge in [0.2, 0.25) is 0 Å². The van der Waals surface area contributed by atoms with Crippen LogP contribution in [0.4, 0.5) is 13.2 Å². The Morgan fingerprint density at radius 2 is 1.96 bits per heavy atom. The number of allylic oxidation sites excluding steroid dienone is 2. The summed E-state index contributed by atoms with van der Waals surface area (Å²) < 4.78 is 52.5. The molecule has 1 aromatic carbocycles. The van der Waals surface area contributed by atoms with Crippen molar-refractivity contribution in [3.63, 3.8) is 0 Å². The second kappa shape index (κ2) is 6.96. The number of ether oxygens (including phenoxy) is 1. The Balaban J connectivity index is 1.82. The number of aliphatic hydroxyl groups excluding tert-OH is 1. The lowest BCUT2D eigenvalue weighted by Crippen LogP contribution is -2.56. The lowest BCUT2D eigenvalue weighted by atomic mass is 9.95. The Kier molecular flexibility index (Phi) is 4.99. The molecule has 2 aromatic rings. The van der Waals surface area contributed by atoms with Crippen molar-refractivity contribution >= 4 is 11.0 Å². The molecule has 0 radical (unpaired) electrons. The van der Waals surface area contributed by atoms with Crippen LogP contribution in [0, 0.1) is 6.92 Å². The zero-order valence-corrected chi connectivity index (χ0v) is 15.4. The number of hydrogen-bond donors (Lipinski definition) is 1. The van der Waals surface area contributed by atoms with Gasteiger partial charge in [0, 0.05) is 11.6 Å². The first-order chi connectivity index (χ1) is 12.6. The molecule has 0 aliphatic carbocycles. The second-order valence-electron chi connectivity index (χ2n) is 7.25. The van der Waals surface area contributed by atoms with E-state index < -0.39 is 24.4 Å². The maximum absolute atomic E-state index is 13.8. The predicted octanol–water partition coefficient (Wildman–Crippen LogP) is 4.58. The summed E-state index contributed by atoms with van der Waals surface area (Å²) in [4.78, 5) is 1.13. The molecule has 3 rings (SSSR count). The number of benzene rings is 1. The molecule has 146 valence electrons. The summed E-state index contributed by atoms with van der Waals surface area (Å²) in [7, 11) is 0. The number of rotatable bonds is 5. The van der Waals surface area contributed by atoms with E-state index in [0.717, 1.165) is 16.0 Å². The van der Waals surface area contributed by atoms with Crippen LogP contribution in [-0.2, 0) is 0 Å². The summed E-state index contributed by atoms with van der Waals surface area (Å²) in [5, 5.41) is 10.4. The normalized spacial score (nSPS) is 18.1. The van der Waals surface area contributed by atoms with Gasteiger partial charge in [0.25, 0.3) is 0 Å². The zero-order valence-electron chi connectivity index (χ0n) is 15.4. The van der Waals surface area contributed by atoms with E-state index in [9.17, 15) is 18.3 Å². The van der Waals surface area contributed by atoms with E-state index in [1.54, 1.807) is 38.1 Å². The first-order valence-corrected chi connectivity index (χ1v) is 8.58. The Labute approximate surface area is 155 Å². The van der Waals surface area contributed by atoms with Gasteiger partial charge in [-0.25, -0.2) is 0 Å². The van der Waals surface area contributed by atoms with E-state index in [4.69, 9.17) is 9.15 Å². The van der Waals surface area contributed by atoms with Crippen molar-refractivity contribution in [3.8, 4) is 5.75 Å². The molecule has 1 atom stereocenters. The number of furan rings is 1. The molecule has 27 heavy (non-hydrogen) atoms. The fraction of sp³-hybridized carbons (Fsp3) is 0.400. The van der Waals surface area contributed by atoms with E-state index in [2.05, 4.69) is 0 Å². The fourth-order valence-electron chi connectivity index (χ4n) is 3.15. The van der Waals surface area contributed by atoms with Crippen LogP contribution in [0.3, 0.4) is 0 Å². The number of nitrogens with zero attached hydrogens (tertiary/aromatic N) is 1. The average Bonchev–Trinajstić information content (AvgIpc) is 2.98. The summed E-state index contributed by atoms with van der Waals surface area (Å²) in [6.07, 6.45) is -0.181. The minimum absolute atomic E-state index is 0.0787. The highest BCUT2D eigenvalue weighted by Gasteiger charge is 2.49. The van der Waals surface area contributed by atoms with Gasteiger partial charge in [-0.3, -0.25) is 0 Å². The molecule has 0 bridgehead atoms. The molecule has 0 spiro atoms. The second-order valence-corrected chi connectivity index (χ2v) is 7.25. The van der Waals surface area contributed by atoms with Crippen LogP contribution >= 0.6 is 0 Å². The summed E-state index contributed by atoms with van der Waals surface area (Å²) in [5.74, 6) is 1.22. The van der Waals surface area contributed by atoms with Crippen molar-refractivity contribution in [2.75, 3.05) is 13.2 Å². The van der Waals surface area contributed by atoms with Crippen LogP contribution in [0.2, 0.25) is 0 Å². The highest BCUT2D eigenvalue weighted by molar-refractivity contribution is 5.79. The van der Waals surface area contributed by atoms with Gasteiger partial charge in [0.1, 0.15) is 23.7 Å². The SMILES string of the molecule is Cc1cc2cc(OCC3=CC=CN(C(C)(C)CO)C3C(F)(F)F)ccc2o1. The number of aliphatic hydroxyl groups is 1. The number of alkyl halides is 3. The zero-order chi connectivity index (χ0) is 19.8. The van der Waals surface area contributed by atoms with Crippen molar-refractivity contribution in [3.05, 3.63) is 54.0 Å². The lowest BCUT2D eigenvalue weighted by Gasteiger charge is -2.45. The van der Waals surface area contributed by atoms with Gasteiger partial charge >= 0.3 is 6.18 Å². The molecule has 0 saturated carbocycles. The molecule has 2 heterocycles. The molecule has 0 saturated heterocycles. The number of fused-ring (bicyclic) bond motifs is 1. The van der Waals surface area contributed by atoms with E-state index in [-0.39, 0.29) is 12.2 Å². The van der Waals surface area contributed by atoms with Gasteiger partial charge < -0.3 is 19.2 Å². The smallest absolute Gasteiger partial charge is 0.412 e. The first-order valence-electron chi connectivity index (χ1n) is 8.58. The van der Waals surface area contributed by atoms with Gasteiger partial charge in [0.05, 0.1) is 12.1 Å². The van der Waals surface area contributed by atoms with Crippen molar-refractivity contribution in [2.24, 2.45) is 0 Å². The number of hydrogen-bond acceptors (Lipinski definition) is 4. The number of aryl methyl sites for hydroxylation is 1. The largest absolute Gasteiger partial charge is 0.489 e. The van der Waals surface area contributed by atoms with E-state index in [1.165, 1.54) is 12.3 Å². The van der Waals surface area contributed by atoms with Gasteiger partial charge in [0.15, 0.2) is 6.04 Å². The topological polar surface area (TPSA) is 45.8 Å². The van der Waals surface area contributed by atoms with E-state index >= 15 is 0 Å². The molecule has 1 N–H and O–H groups in total. The summed E-state index contributed by atoms with van der Waals surface area (Å²) in [5.41, 5.74) is -0.289. The van der Waals surface area contributed by atoms with E-state index in [0.29, 0.717) is 11.3 Å². The Bertz CT molecular complexity index is 880. The first kappa shape index (κ1) is 19.4. The van der Waals surface area contributed by atoms with Crippen LogP contribution in [-0.4, -0.2) is 41.0 Å². The fourth-order valence-corrected chi connectivity index (χ4v) is 3.15. The maximum Gasteiger partial charge on any atom is 0.412 e. The van der Waals surface area contributed by atoms with E-state index in [1.807, 2.05) is 13.0 Å². The molecule has 1 aromatic heterocycles. The lowest BCUT2D eigenvalue weighted by molar-refractivity contribution is -0.181. The predicted molar refractivity (Wildman–Crippen MR) is 96.5 cm³/mol. The van der Waals surface area contributed by atoms with Crippen LogP contribution in [0.15, 0.2) is 52.6 Å². The quantitative estimate of drug-likeness (QED) is 0.824. The van der Waals surface area contributed by atoms with Crippen LogP contribution in [0.25, 0.3) is 11.0 Å². The van der Waals surface area contributed by atoms with Crippen molar-refractivity contribution in [1.29, 1.82) is 0 Å². The molecule has 7 heteroatoms. The van der Waals surface area contributed by atoms with Crippen LogP contribution < -0.4 is 4.74 Å². The molecular formula is C20H22F3NO3. The molecule has 1 unspecified atom stereocenters. The number of halogens is 3. The molecular weight excluding hydrogens is 359 g/mol. The minimum atomic E-state index is -4.50.